The van der Waals surface area contributed by atoms with Crippen LogP contribution in [0.2, 0.25) is 5.15 Å². The van der Waals surface area contributed by atoms with Crippen molar-refractivity contribution in [1.82, 2.24) is 9.78 Å². The van der Waals surface area contributed by atoms with Crippen LogP contribution in [-0.2, 0) is 13.7 Å². The molecule has 0 spiro atoms. The summed E-state index contributed by atoms with van der Waals surface area (Å²) in [5, 5.41) is 4.63. The fourth-order valence-corrected chi connectivity index (χ4v) is 1.96. The number of carbonyl (C=O) groups excluding carboxylic acids is 1. The van der Waals surface area contributed by atoms with Crippen molar-refractivity contribution in [3.63, 3.8) is 0 Å². The second kappa shape index (κ2) is 5.40. The lowest BCUT2D eigenvalue weighted by molar-refractivity contribution is 0.111. The summed E-state index contributed by atoms with van der Waals surface area (Å²) in [4.78, 5) is 10.8. The lowest BCUT2D eigenvalue weighted by Crippen LogP contribution is -2.00. The number of nitrogens with zero attached hydrogens (tertiary/aromatic N) is 2. The van der Waals surface area contributed by atoms with E-state index in [0.717, 1.165) is 17.3 Å². The molecule has 100 valence electrons. The summed E-state index contributed by atoms with van der Waals surface area (Å²) in [6.07, 6.45) is 0.552. The van der Waals surface area contributed by atoms with Crippen molar-refractivity contribution in [2.45, 2.75) is 13.5 Å². The molecule has 1 aromatic heterocycles. The third-order valence-electron chi connectivity index (χ3n) is 2.74. The summed E-state index contributed by atoms with van der Waals surface area (Å²) in [5.74, 6) is -0.166. The molecule has 2 aromatic rings. The first-order valence-electron chi connectivity index (χ1n) is 5.58. The minimum Gasteiger partial charge on any atom is -0.488 e. The minimum absolute atomic E-state index is 0.165. The number of benzene rings is 1. The quantitative estimate of drug-likeness (QED) is 0.810. The highest BCUT2D eigenvalue weighted by atomic mass is 35.5. The molecular weight excluding hydrogens is 271 g/mol. The number of hydrogen-bond donors (Lipinski definition) is 0. The van der Waals surface area contributed by atoms with Gasteiger partial charge < -0.3 is 4.74 Å². The van der Waals surface area contributed by atoms with Crippen LogP contribution in [0.1, 0.15) is 21.6 Å². The van der Waals surface area contributed by atoms with Crippen molar-refractivity contribution in [2.24, 2.45) is 7.05 Å². The molecule has 0 atom stereocenters. The molecule has 0 aliphatic carbocycles. The Bertz CT molecular complexity index is 625. The summed E-state index contributed by atoms with van der Waals surface area (Å²) >= 11 is 6.07. The Hall–Kier alpha value is -1.88. The van der Waals surface area contributed by atoms with Crippen molar-refractivity contribution in [3.8, 4) is 5.75 Å². The van der Waals surface area contributed by atoms with Gasteiger partial charge in [0.2, 0.25) is 0 Å². The van der Waals surface area contributed by atoms with E-state index in [-0.39, 0.29) is 12.2 Å². The first kappa shape index (κ1) is 13.5. The van der Waals surface area contributed by atoms with E-state index >= 15 is 0 Å². The van der Waals surface area contributed by atoms with Gasteiger partial charge in [-0.1, -0.05) is 11.6 Å². The number of rotatable bonds is 4. The van der Waals surface area contributed by atoms with Gasteiger partial charge in [0, 0.05) is 12.6 Å². The van der Waals surface area contributed by atoms with Crippen molar-refractivity contribution < 1.29 is 13.9 Å². The fraction of sp³-hybridized carbons (Fsp3) is 0.231. The maximum absolute atomic E-state index is 13.0. The molecule has 0 N–H and O–H groups in total. The molecule has 2 rings (SSSR count). The highest BCUT2D eigenvalue weighted by Gasteiger charge is 2.13. The summed E-state index contributed by atoms with van der Waals surface area (Å²) in [6.45, 7) is 1.99. The Morgan fingerprint density at radius 2 is 2.26 bits per heavy atom. The molecule has 0 saturated carbocycles. The Balaban J connectivity index is 2.21. The third-order valence-corrected chi connectivity index (χ3v) is 3.21. The molecule has 6 heteroatoms. The molecule has 1 heterocycles. The normalized spacial score (nSPS) is 10.5. The Labute approximate surface area is 114 Å². The topological polar surface area (TPSA) is 44.1 Å². The monoisotopic (exact) mass is 282 g/mol. The first-order valence-corrected chi connectivity index (χ1v) is 5.96. The maximum atomic E-state index is 13.0. The zero-order valence-corrected chi connectivity index (χ0v) is 11.2. The van der Waals surface area contributed by atoms with E-state index in [1.54, 1.807) is 11.7 Å². The van der Waals surface area contributed by atoms with Gasteiger partial charge in [-0.3, -0.25) is 9.48 Å². The predicted octanol–water partition coefficient (Wildman–Crippen LogP) is 2.91. The van der Waals surface area contributed by atoms with E-state index in [4.69, 9.17) is 16.3 Å². The van der Waals surface area contributed by atoms with E-state index in [9.17, 15) is 9.18 Å². The SMILES string of the molecule is Cc1nn(C)c(Cl)c1COc1ccc(F)cc1C=O. The van der Waals surface area contributed by atoms with Crippen LogP contribution in [0.15, 0.2) is 18.2 Å². The minimum atomic E-state index is -0.481. The second-order valence-corrected chi connectivity index (χ2v) is 4.43. The van der Waals surface area contributed by atoms with Gasteiger partial charge in [-0.25, -0.2) is 4.39 Å². The summed E-state index contributed by atoms with van der Waals surface area (Å²) in [7, 11) is 1.73. The van der Waals surface area contributed by atoms with Crippen LogP contribution in [-0.4, -0.2) is 16.1 Å². The van der Waals surface area contributed by atoms with Crippen LogP contribution in [0, 0.1) is 12.7 Å². The lowest BCUT2D eigenvalue weighted by atomic mass is 10.2. The average molecular weight is 283 g/mol. The molecule has 0 aliphatic heterocycles. The fourth-order valence-electron chi connectivity index (χ4n) is 1.73. The summed E-state index contributed by atoms with van der Waals surface area (Å²) in [5.41, 5.74) is 1.66. The predicted molar refractivity (Wildman–Crippen MR) is 69.1 cm³/mol. The number of halogens is 2. The second-order valence-electron chi connectivity index (χ2n) is 4.07. The smallest absolute Gasteiger partial charge is 0.153 e. The Kier molecular flexibility index (Phi) is 3.85. The van der Waals surface area contributed by atoms with E-state index < -0.39 is 5.82 Å². The van der Waals surface area contributed by atoms with Crippen molar-refractivity contribution in [1.29, 1.82) is 0 Å². The Morgan fingerprint density at radius 1 is 1.53 bits per heavy atom. The van der Waals surface area contributed by atoms with Crippen LogP contribution in [0.3, 0.4) is 0 Å². The number of aromatic nitrogens is 2. The van der Waals surface area contributed by atoms with Crippen molar-refractivity contribution in [3.05, 3.63) is 46.0 Å². The van der Waals surface area contributed by atoms with E-state index in [0.29, 0.717) is 17.2 Å². The molecule has 0 aliphatic rings. The van der Waals surface area contributed by atoms with Crippen molar-refractivity contribution >= 4 is 17.9 Å². The standard InChI is InChI=1S/C13H12ClFN2O2/c1-8-11(13(14)17(2)16-8)7-19-12-4-3-10(15)5-9(12)6-18/h3-6H,7H2,1-2H3. The zero-order chi connectivity index (χ0) is 14.0. The molecule has 0 fully saturated rings. The van der Waals surface area contributed by atoms with Gasteiger partial charge in [0.15, 0.2) is 6.29 Å². The molecule has 0 unspecified atom stereocenters. The van der Waals surface area contributed by atoms with E-state index in [2.05, 4.69) is 5.10 Å². The van der Waals surface area contributed by atoms with Gasteiger partial charge in [0.1, 0.15) is 23.3 Å². The lowest BCUT2D eigenvalue weighted by Gasteiger charge is -2.08. The molecule has 0 radical (unpaired) electrons. The maximum Gasteiger partial charge on any atom is 0.153 e. The number of carbonyl (C=O) groups is 1. The average Bonchev–Trinajstić information content (AvgIpc) is 2.62. The van der Waals surface area contributed by atoms with Crippen LogP contribution in [0.25, 0.3) is 0 Å². The van der Waals surface area contributed by atoms with Crippen LogP contribution in [0.4, 0.5) is 4.39 Å². The summed E-state index contributed by atoms with van der Waals surface area (Å²) in [6, 6.07) is 3.78. The largest absolute Gasteiger partial charge is 0.488 e. The first-order chi connectivity index (χ1) is 9.02. The molecular formula is C13H12ClFN2O2. The van der Waals surface area contributed by atoms with E-state index in [1.807, 2.05) is 6.92 Å². The van der Waals surface area contributed by atoms with Gasteiger partial charge in [-0.05, 0) is 25.1 Å². The number of hydrogen-bond acceptors (Lipinski definition) is 3. The van der Waals surface area contributed by atoms with Gasteiger partial charge in [-0.2, -0.15) is 5.10 Å². The van der Waals surface area contributed by atoms with Gasteiger partial charge >= 0.3 is 0 Å². The highest BCUT2D eigenvalue weighted by molar-refractivity contribution is 6.30. The van der Waals surface area contributed by atoms with Crippen molar-refractivity contribution in [2.75, 3.05) is 0 Å². The Morgan fingerprint density at radius 3 is 2.84 bits per heavy atom. The molecule has 0 amide bonds. The van der Waals surface area contributed by atoms with Crippen LogP contribution < -0.4 is 4.74 Å². The number of ether oxygens (including phenoxy) is 1. The van der Waals surface area contributed by atoms with Crippen LogP contribution >= 0.6 is 11.6 Å². The number of aryl methyl sites for hydroxylation is 2. The summed E-state index contributed by atoms with van der Waals surface area (Å²) < 4.78 is 20.0. The van der Waals surface area contributed by atoms with Gasteiger partial charge in [0.25, 0.3) is 0 Å². The van der Waals surface area contributed by atoms with Crippen LogP contribution in [0.5, 0.6) is 5.75 Å². The molecule has 4 nitrogen and oxygen atoms in total. The zero-order valence-electron chi connectivity index (χ0n) is 10.5. The molecule has 0 saturated heterocycles. The van der Waals surface area contributed by atoms with E-state index in [1.165, 1.54) is 12.1 Å². The molecule has 1 aromatic carbocycles. The third kappa shape index (κ3) is 2.76. The van der Waals surface area contributed by atoms with Gasteiger partial charge in [-0.15, -0.1) is 0 Å². The highest BCUT2D eigenvalue weighted by Crippen LogP contribution is 2.23. The molecule has 0 bridgehead atoms. The van der Waals surface area contributed by atoms with Gasteiger partial charge in [0.05, 0.1) is 11.3 Å². The molecule has 19 heavy (non-hydrogen) atoms. The number of aldehydes is 1.